The van der Waals surface area contributed by atoms with E-state index in [-0.39, 0.29) is 0 Å². The second-order valence-electron chi connectivity index (χ2n) is 3.58. The van der Waals surface area contributed by atoms with Crippen LogP contribution >= 0.6 is 23.4 Å². The molecule has 0 saturated heterocycles. The van der Waals surface area contributed by atoms with Crippen LogP contribution in [0.1, 0.15) is 19.7 Å². The van der Waals surface area contributed by atoms with Crippen LogP contribution in [0.3, 0.4) is 0 Å². The zero-order chi connectivity index (χ0) is 11.3. The molecule has 0 saturated carbocycles. The molecule has 0 aromatic carbocycles. The average molecular weight is 247 g/mol. The van der Waals surface area contributed by atoms with Gasteiger partial charge >= 0.3 is 0 Å². The normalized spacial score (nSPS) is 11.0. The summed E-state index contributed by atoms with van der Waals surface area (Å²) in [4.78, 5) is 8.40. The third-order valence-corrected chi connectivity index (χ3v) is 3.09. The molecule has 15 heavy (non-hydrogen) atoms. The van der Waals surface area contributed by atoms with Gasteiger partial charge in [0.15, 0.2) is 5.82 Å². The van der Waals surface area contributed by atoms with Gasteiger partial charge in [0, 0.05) is 18.9 Å². The minimum absolute atomic E-state index is 0.399. The third kappa shape index (κ3) is 4.82. The summed E-state index contributed by atoms with van der Waals surface area (Å²) < 4.78 is 4.97. The molecule has 0 aliphatic carbocycles. The van der Waals surface area contributed by atoms with Crippen molar-refractivity contribution in [2.45, 2.75) is 25.5 Å². The van der Waals surface area contributed by atoms with E-state index < -0.39 is 0 Å². The molecule has 0 unspecified atom stereocenters. The van der Waals surface area contributed by atoms with E-state index in [4.69, 9.17) is 16.3 Å². The molecular formula is C10H15ClN2OS. The summed E-state index contributed by atoms with van der Waals surface area (Å²) in [6.45, 7) is 4.74. The highest BCUT2D eigenvalue weighted by molar-refractivity contribution is 7.99. The van der Waals surface area contributed by atoms with Crippen LogP contribution in [-0.2, 0) is 11.3 Å². The fraction of sp³-hybridized carbons (Fsp3) is 0.600. The van der Waals surface area contributed by atoms with Gasteiger partial charge in [-0.3, -0.25) is 0 Å². The van der Waals surface area contributed by atoms with E-state index in [2.05, 4.69) is 23.8 Å². The largest absolute Gasteiger partial charge is 0.377 e. The summed E-state index contributed by atoms with van der Waals surface area (Å²) in [5, 5.41) is 1.39. The van der Waals surface area contributed by atoms with E-state index >= 15 is 0 Å². The summed E-state index contributed by atoms with van der Waals surface area (Å²) in [6.07, 6.45) is 0. The van der Waals surface area contributed by atoms with Crippen molar-refractivity contribution in [1.29, 1.82) is 0 Å². The zero-order valence-electron chi connectivity index (χ0n) is 9.16. The van der Waals surface area contributed by atoms with Crippen molar-refractivity contribution in [2.75, 3.05) is 12.9 Å². The molecule has 0 N–H and O–H groups in total. The van der Waals surface area contributed by atoms with Crippen LogP contribution in [-0.4, -0.2) is 22.8 Å². The van der Waals surface area contributed by atoms with Gasteiger partial charge in [-0.15, -0.1) is 11.8 Å². The molecule has 0 radical (unpaired) electrons. The molecule has 5 heteroatoms. The first-order chi connectivity index (χ1) is 7.11. The lowest BCUT2D eigenvalue weighted by Gasteiger charge is -2.05. The molecule has 0 spiro atoms. The van der Waals surface area contributed by atoms with Crippen LogP contribution in [0.15, 0.2) is 11.1 Å². The third-order valence-electron chi connectivity index (χ3n) is 1.56. The van der Waals surface area contributed by atoms with Crippen LogP contribution in [0.5, 0.6) is 0 Å². The van der Waals surface area contributed by atoms with E-state index in [1.54, 1.807) is 24.9 Å². The molecule has 0 amide bonds. The highest BCUT2D eigenvalue weighted by Gasteiger charge is 2.04. The van der Waals surface area contributed by atoms with Crippen LogP contribution in [0.4, 0.5) is 0 Å². The van der Waals surface area contributed by atoms with E-state index in [1.165, 1.54) is 0 Å². The second-order valence-corrected chi connectivity index (χ2v) is 5.01. The molecule has 1 rings (SSSR count). The van der Waals surface area contributed by atoms with Gasteiger partial charge in [-0.05, 0) is 5.92 Å². The van der Waals surface area contributed by atoms with Gasteiger partial charge in [-0.2, -0.15) is 0 Å². The Morgan fingerprint density at radius 3 is 2.80 bits per heavy atom. The minimum Gasteiger partial charge on any atom is -0.377 e. The van der Waals surface area contributed by atoms with Crippen molar-refractivity contribution in [3.8, 4) is 0 Å². The van der Waals surface area contributed by atoms with Crippen molar-refractivity contribution in [1.82, 2.24) is 9.97 Å². The first-order valence-electron chi connectivity index (χ1n) is 4.77. The van der Waals surface area contributed by atoms with Gasteiger partial charge < -0.3 is 4.74 Å². The second kappa shape index (κ2) is 6.30. The Bertz CT molecular complexity index is 320. The molecule has 0 atom stereocenters. The van der Waals surface area contributed by atoms with Crippen molar-refractivity contribution < 1.29 is 4.74 Å². The quantitative estimate of drug-likeness (QED) is 0.591. The van der Waals surface area contributed by atoms with Crippen LogP contribution in [0.2, 0.25) is 5.15 Å². The van der Waals surface area contributed by atoms with Gasteiger partial charge in [-0.1, -0.05) is 25.4 Å². The fourth-order valence-electron chi connectivity index (χ4n) is 0.962. The maximum atomic E-state index is 5.88. The summed E-state index contributed by atoms with van der Waals surface area (Å²) >= 11 is 7.57. The SMILES string of the molecule is COCc1nc(Cl)cc(SCC(C)C)n1. The molecule has 0 aliphatic rings. The number of halogens is 1. The molecule has 1 aromatic heterocycles. The highest BCUT2D eigenvalue weighted by Crippen LogP contribution is 2.21. The monoisotopic (exact) mass is 246 g/mol. The standard InChI is InChI=1S/C10H15ClN2OS/c1-7(2)6-15-10-4-8(11)12-9(13-10)5-14-3/h4,7H,5-6H2,1-3H3. The Labute approximate surface area is 99.6 Å². The van der Waals surface area contributed by atoms with Crippen molar-refractivity contribution in [2.24, 2.45) is 5.92 Å². The molecule has 1 aromatic rings. The molecular weight excluding hydrogens is 232 g/mol. The van der Waals surface area contributed by atoms with Crippen molar-refractivity contribution in [3.63, 3.8) is 0 Å². The molecule has 0 fully saturated rings. The first-order valence-corrected chi connectivity index (χ1v) is 6.13. The Hall–Kier alpha value is -0.320. The number of nitrogens with zero attached hydrogens (tertiary/aromatic N) is 2. The van der Waals surface area contributed by atoms with Gasteiger partial charge in [-0.25, -0.2) is 9.97 Å². The minimum atomic E-state index is 0.399. The number of hydrogen-bond acceptors (Lipinski definition) is 4. The summed E-state index contributed by atoms with van der Waals surface area (Å²) in [7, 11) is 1.62. The van der Waals surface area contributed by atoms with E-state index in [9.17, 15) is 0 Å². The lowest BCUT2D eigenvalue weighted by atomic mass is 10.3. The van der Waals surface area contributed by atoms with E-state index in [0.717, 1.165) is 10.8 Å². The Morgan fingerprint density at radius 1 is 1.47 bits per heavy atom. The lowest BCUT2D eigenvalue weighted by Crippen LogP contribution is -1.99. The summed E-state index contributed by atoms with van der Waals surface area (Å²) in [5.74, 6) is 2.30. The summed E-state index contributed by atoms with van der Waals surface area (Å²) in [5.41, 5.74) is 0. The predicted octanol–water partition coefficient (Wildman–Crippen LogP) is 3.02. The Kier molecular flexibility index (Phi) is 5.36. The van der Waals surface area contributed by atoms with Crippen LogP contribution in [0, 0.1) is 5.92 Å². The van der Waals surface area contributed by atoms with Crippen LogP contribution in [0.25, 0.3) is 0 Å². The van der Waals surface area contributed by atoms with Crippen molar-refractivity contribution >= 4 is 23.4 Å². The summed E-state index contributed by atoms with van der Waals surface area (Å²) in [6, 6.07) is 1.79. The average Bonchev–Trinajstić information content (AvgIpc) is 2.14. The van der Waals surface area contributed by atoms with Crippen LogP contribution < -0.4 is 0 Å². The first kappa shape index (κ1) is 12.7. The number of ether oxygens (including phenoxy) is 1. The molecule has 1 heterocycles. The topological polar surface area (TPSA) is 35.0 Å². The number of methoxy groups -OCH3 is 1. The maximum absolute atomic E-state index is 5.88. The lowest BCUT2D eigenvalue weighted by molar-refractivity contribution is 0.177. The molecule has 3 nitrogen and oxygen atoms in total. The predicted molar refractivity (Wildman–Crippen MR) is 63.3 cm³/mol. The smallest absolute Gasteiger partial charge is 0.156 e. The zero-order valence-corrected chi connectivity index (χ0v) is 10.7. The molecule has 0 aliphatic heterocycles. The fourth-order valence-corrected chi connectivity index (χ4v) is 2.10. The van der Waals surface area contributed by atoms with E-state index in [0.29, 0.717) is 23.5 Å². The Balaban J connectivity index is 2.70. The van der Waals surface area contributed by atoms with Gasteiger partial charge in [0.1, 0.15) is 16.8 Å². The molecule has 84 valence electrons. The van der Waals surface area contributed by atoms with Gasteiger partial charge in [0.2, 0.25) is 0 Å². The van der Waals surface area contributed by atoms with Gasteiger partial charge in [0.25, 0.3) is 0 Å². The van der Waals surface area contributed by atoms with Gasteiger partial charge in [0.05, 0.1) is 0 Å². The number of thioether (sulfide) groups is 1. The molecule has 0 bridgehead atoms. The number of aromatic nitrogens is 2. The van der Waals surface area contributed by atoms with E-state index in [1.807, 2.05) is 0 Å². The number of rotatable bonds is 5. The highest BCUT2D eigenvalue weighted by atomic mass is 35.5. The Morgan fingerprint density at radius 2 is 2.20 bits per heavy atom. The maximum Gasteiger partial charge on any atom is 0.156 e. The number of hydrogen-bond donors (Lipinski definition) is 0. The van der Waals surface area contributed by atoms with Crippen molar-refractivity contribution in [3.05, 3.63) is 17.0 Å².